The molecule has 2 heterocycles. The number of carbonyl (C=O) groups is 1. The molecule has 3 aromatic rings. The van der Waals surface area contributed by atoms with Crippen LogP contribution in [0, 0.1) is 5.82 Å². The summed E-state index contributed by atoms with van der Waals surface area (Å²) in [7, 11) is -1.59. The van der Waals surface area contributed by atoms with E-state index in [9.17, 15) is 17.6 Å². The summed E-state index contributed by atoms with van der Waals surface area (Å²) in [6.45, 7) is 0. The van der Waals surface area contributed by atoms with Gasteiger partial charge < -0.3 is 10.1 Å². The van der Waals surface area contributed by atoms with Crippen molar-refractivity contribution < 1.29 is 22.3 Å². The lowest BCUT2D eigenvalue weighted by Crippen LogP contribution is -2.16. The highest BCUT2D eigenvalue weighted by Crippen LogP contribution is 2.31. The molecule has 1 aliphatic heterocycles. The van der Waals surface area contributed by atoms with Crippen molar-refractivity contribution >= 4 is 33.0 Å². The molecule has 0 bridgehead atoms. The molecule has 0 saturated carbocycles. The van der Waals surface area contributed by atoms with Crippen molar-refractivity contribution in [2.24, 2.45) is 0 Å². The maximum Gasteiger partial charge on any atom is 0.276 e. The predicted octanol–water partition coefficient (Wildman–Crippen LogP) is 3.96. The number of halogens is 2. The number of nitrogens with one attached hydrogen (secondary N) is 1. The second-order valence-electron chi connectivity index (χ2n) is 7.23. The van der Waals surface area contributed by atoms with Gasteiger partial charge in [0, 0.05) is 11.3 Å². The van der Waals surface area contributed by atoms with Crippen molar-refractivity contribution in [2.45, 2.75) is 12.5 Å². The molecule has 1 saturated heterocycles. The summed E-state index contributed by atoms with van der Waals surface area (Å²) in [5, 5.41) is 6.94. The number of methoxy groups -OCH3 is 1. The molecule has 1 atom stereocenters. The van der Waals surface area contributed by atoms with Crippen molar-refractivity contribution in [3.63, 3.8) is 0 Å². The van der Waals surface area contributed by atoms with Gasteiger partial charge in [-0.1, -0.05) is 11.6 Å². The molecule has 1 amide bonds. The molecule has 0 radical (unpaired) electrons. The van der Waals surface area contributed by atoms with Crippen LogP contribution in [0.3, 0.4) is 0 Å². The fourth-order valence-electron chi connectivity index (χ4n) is 3.50. The predicted molar refractivity (Wildman–Crippen MR) is 116 cm³/mol. The van der Waals surface area contributed by atoms with Gasteiger partial charge in [-0.25, -0.2) is 12.8 Å². The smallest absolute Gasteiger partial charge is 0.276 e. The average Bonchev–Trinajstić information content (AvgIpc) is 3.34. The summed E-state index contributed by atoms with van der Waals surface area (Å²) < 4.78 is 44.2. The number of carbonyl (C=O) groups excluding carboxylic acids is 1. The number of sulfone groups is 1. The number of benzene rings is 2. The summed E-state index contributed by atoms with van der Waals surface area (Å²) in [5.74, 6) is -0.392. The topological polar surface area (TPSA) is 90.3 Å². The van der Waals surface area contributed by atoms with E-state index in [0.717, 1.165) is 11.6 Å². The van der Waals surface area contributed by atoms with E-state index in [1.54, 1.807) is 30.0 Å². The zero-order valence-corrected chi connectivity index (χ0v) is 18.1. The Morgan fingerprint density at radius 2 is 1.97 bits per heavy atom. The molecule has 0 unspecified atom stereocenters. The number of amides is 1. The molecule has 0 aliphatic carbocycles. The number of aromatic nitrogens is 2. The molecule has 1 N–H and O–H groups in total. The highest BCUT2D eigenvalue weighted by molar-refractivity contribution is 7.91. The molecule has 2 aromatic carbocycles. The van der Waals surface area contributed by atoms with Crippen LogP contribution in [0.25, 0.3) is 11.3 Å². The van der Waals surface area contributed by atoms with E-state index in [0.29, 0.717) is 23.6 Å². The number of hydrogen-bond donors (Lipinski definition) is 1. The Morgan fingerprint density at radius 1 is 1.23 bits per heavy atom. The van der Waals surface area contributed by atoms with Crippen LogP contribution in [-0.4, -0.2) is 42.7 Å². The zero-order chi connectivity index (χ0) is 22.2. The highest BCUT2D eigenvalue weighted by atomic mass is 35.5. The van der Waals surface area contributed by atoms with E-state index in [1.165, 1.54) is 12.1 Å². The molecule has 4 rings (SSSR count). The summed E-state index contributed by atoms with van der Waals surface area (Å²) >= 11 is 5.78. The van der Waals surface area contributed by atoms with E-state index >= 15 is 0 Å². The lowest BCUT2D eigenvalue weighted by molar-refractivity contribution is 0.102. The summed E-state index contributed by atoms with van der Waals surface area (Å²) in [4.78, 5) is 12.8. The second kappa shape index (κ2) is 8.32. The Kier molecular flexibility index (Phi) is 5.72. The van der Waals surface area contributed by atoms with Crippen LogP contribution in [0.4, 0.5) is 10.1 Å². The lowest BCUT2D eigenvalue weighted by Gasteiger charge is -2.13. The number of ether oxygens (including phenoxy) is 1. The minimum absolute atomic E-state index is 0.0353. The molecule has 1 aliphatic rings. The molecular weight excluding hydrogens is 445 g/mol. The maximum absolute atomic E-state index is 13.4. The first-order valence-corrected chi connectivity index (χ1v) is 11.7. The first-order chi connectivity index (χ1) is 14.8. The van der Waals surface area contributed by atoms with Crippen molar-refractivity contribution in [1.29, 1.82) is 0 Å². The SMILES string of the molecule is COc1ccc(-c2cc(C(=O)Nc3ccc(F)c(Cl)c3)nn2[C@@H]2CCS(=O)(=O)C2)cc1. The van der Waals surface area contributed by atoms with Crippen LogP contribution >= 0.6 is 11.6 Å². The standard InChI is InChI=1S/C21H19ClFN3O4S/c1-30-16-5-2-13(3-6-16)20-11-19(25-26(20)15-8-9-31(28,29)12-15)21(27)24-14-4-7-18(23)17(22)10-14/h2-7,10-11,15H,8-9,12H2,1H3,(H,24,27)/t15-/m1/s1. The first kappa shape index (κ1) is 21.3. The van der Waals surface area contributed by atoms with Crippen LogP contribution in [0.5, 0.6) is 5.75 Å². The van der Waals surface area contributed by atoms with Gasteiger partial charge >= 0.3 is 0 Å². The summed E-state index contributed by atoms with van der Waals surface area (Å²) in [6, 6.07) is 12.3. The van der Waals surface area contributed by atoms with Gasteiger partial charge in [-0.2, -0.15) is 5.10 Å². The van der Waals surface area contributed by atoms with E-state index in [2.05, 4.69) is 10.4 Å². The minimum Gasteiger partial charge on any atom is -0.497 e. The van der Waals surface area contributed by atoms with Gasteiger partial charge in [0.25, 0.3) is 5.91 Å². The maximum atomic E-state index is 13.4. The highest BCUT2D eigenvalue weighted by Gasteiger charge is 2.32. The van der Waals surface area contributed by atoms with Gasteiger partial charge in [0.2, 0.25) is 0 Å². The molecular formula is C21H19ClFN3O4S. The van der Waals surface area contributed by atoms with Gasteiger partial charge in [-0.3, -0.25) is 9.48 Å². The third-order valence-corrected chi connectivity index (χ3v) is 7.13. The van der Waals surface area contributed by atoms with Crippen LogP contribution in [0.1, 0.15) is 23.0 Å². The quantitative estimate of drug-likeness (QED) is 0.618. The Balaban J connectivity index is 1.69. The normalized spacial score (nSPS) is 17.5. The average molecular weight is 464 g/mol. The van der Waals surface area contributed by atoms with Gasteiger partial charge in [0.1, 0.15) is 11.6 Å². The fourth-order valence-corrected chi connectivity index (χ4v) is 5.37. The van der Waals surface area contributed by atoms with Gasteiger partial charge in [0.15, 0.2) is 15.5 Å². The molecule has 1 aromatic heterocycles. The van der Waals surface area contributed by atoms with Crippen molar-refractivity contribution in [3.05, 3.63) is 65.1 Å². The van der Waals surface area contributed by atoms with Crippen molar-refractivity contribution in [3.8, 4) is 17.0 Å². The molecule has 10 heteroatoms. The van der Waals surface area contributed by atoms with E-state index in [1.807, 2.05) is 12.1 Å². The number of nitrogens with zero attached hydrogens (tertiary/aromatic N) is 2. The third-order valence-electron chi connectivity index (χ3n) is 5.09. The molecule has 1 fully saturated rings. The number of anilines is 1. The molecule has 162 valence electrons. The van der Waals surface area contributed by atoms with Gasteiger partial charge in [-0.05, 0) is 55.0 Å². The fraction of sp³-hybridized carbons (Fsp3) is 0.238. The Bertz CT molecular complexity index is 1240. The first-order valence-electron chi connectivity index (χ1n) is 9.46. The van der Waals surface area contributed by atoms with Crippen LogP contribution < -0.4 is 10.1 Å². The zero-order valence-electron chi connectivity index (χ0n) is 16.5. The Morgan fingerprint density at radius 3 is 2.58 bits per heavy atom. The summed E-state index contributed by atoms with van der Waals surface area (Å²) in [5.41, 5.74) is 1.81. The molecule has 31 heavy (non-hydrogen) atoms. The minimum atomic E-state index is -3.15. The van der Waals surface area contributed by atoms with E-state index in [-0.39, 0.29) is 28.3 Å². The van der Waals surface area contributed by atoms with Crippen LogP contribution in [0.2, 0.25) is 5.02 Å². The lowest BCUT2D eigenvalue weighted by atomic mass is 10.1. The number of hydrogen-bond acceptors (Lipinski definition) is 5. The van der Waals surface area contributed by atoms with Gasteiger partial charge in [0.05, 0.1) is 35.4 Å². The molecule has 0 spiro atoms. The Labute approximate surface area is 183 Å². The summed E-state index contributed by atoms with van der Waals surface area (Å²) in [6.07, 6.45) is 0.418. The van der Waals surface area contributed by atoms with Crippen molar-refractivity contribution in [1.82, 2.24) is 9.78 Å². The largest absolute Gasteiger partial charge is 0.497 e. The van der Waals surface area contributed by atoms with E-state index < -0.39 is 21.6 Å². The van der Waals surface area contributed by atoms with Crippen LogP contribution in [-0.2, 0) is 9.84 Å². The second-order valence-corrected chi connectivity index (χ2v) is 9.86. The Hall–Kier alpha value is -2.91. The van der Waals surface area contributed by atoms with Crippen LogP contribution in [0.15, 0.2) is 48.5 Å². The monoisotopic (exact) mass is 463 g/mol. The van der Waals surface area contributed by atoms with E-state index in [4.69, 9.17) is 16.3 Å². The molecule has 7 nitrogen and oxygen atoms in total. The van der Waals surface area contributed by atoms with Crippen molar-refractivity contribution in [2.75, 3.05) is 23.9 Å². The third kappa shape index (κ3) is 4.57. The number of rotatable bonds is 5. The van der Waals surface area contributed by atoms with Gasteiger partial charge in [-0.15, -0.1) is 0 Å².